The van der Waals surface area contributed by atoms with Gasteiger partial charge in [0, 0.05) is 27.8 Å². The van der Waals surface area contributed by atoms with Crippen LogP contribution in [0.25, 0.3) is 66.8 Å². The first-order valence-corrected chi connectivity index (χ1v) is 27.5. The predicted octanol–water partition coefficient (Wildman–Crippen LogP) is 20.0. The fraction of sp³-hybridized carbons (Fsp3) is 0.200. The Morgan fingerprint density at radius 1 is 0.289 bits per heavy atom. The molecule has 1 heteroatoms. The first-order valence-electron chi connectivity index (χ1n) is 27.5. The third kappa shape index (κ3) is 6.45. The van der Waals surface area contributed by atoms with Crippen LogP contribution in [0.4, 0.5) is 17.1 Å². The van der Waals surface area contributed by atoms with Crippen molar-refractivity contribution in [2.45, 2.75) is 96.3 Å². The molecular weight excluding hydrogens is 915 g/mol. The average molecular weight is 980 g/mol. The standard InChI is InChI=1S/C75H65N/c1-71(2,3)48-34-39-65-60(43-48)61-44-49(72(4,5)6)35-40-66(61)75(65)64-31-17-13-25-55(64)58-38-36-51(45-68(58)75)76(50-22-19-21-46(41-50)53-27-20-28-59-56-26-12-16-30-63(56)74(9,10)70(53)59)69-32-18-14-23-52(69)47-33-37-57-54-24-11-15-29-62(54)73(7,8)67(57)42-47/h11-45H,1-10H3. The minimum atomic E-state index is -0.530. The summed E-state index contributed by atoms with van der Waals surface area (Å²) in [6.07, 6.45) is 0. The highest BCUT2D eigenvalue weighted by Gasteiger charge is 2.52. The lowest BCUT2D eigenvalue weighted by molar-refractivity contribution is 0.589. The van der Waals surface area contributed by atoms with Gasteiger partial charge >= 0.3 is 0 Å². The van der Waals surface area contributed by atoms with Crippen molar-refractivity contribution in [2.24, 2.45) is 0 Å². The lowest BCUT2D eigenvalue weighted by atomic mass is 9.70. The minimum absolute atomic E-state index is 0.00813. The summed E-state index contributed by atoms with van der Waals surface area (Å²) in [4.78, 5) is 2.56. The summed E-state index contributed by atoms with van der Waals surface area (Å²) in [5.41, 5.74) is 31.7. The zero-order valence-electron chi connectivity index (χ0n) is 45.7. The third-order valence-corrected chi connectivity index (χ3v) is 18.2. The second kappa shape index (κ2) is 16.0. The SMILES string of the molecule is CC(C)(C)c1ccc2c(c1)-c1cc(C(C)(C)C)ccc1C21c2ccccc2-c2ccc(N(c3cccc(-c4cccc5c4C(C)(C)c4ccccc4-5)c3)c3ccccc3-c3ccc4c(c3)C(C)(C)c3ccccc3-4)cc21. The van der Waals surface area contributed by atoms with E-state index in [1.807, 2.05) is 0 Å². The fourth-order valence-electron chi connectivity index (χ4n) is 14.4. The van der Waals surface area contributed by atoms with Gasteiger partial charge in [-0.3, -0.25) is 0 Å². The van der Waals surface area contributed by atoms with Crippen LogP contribution in [0.15, 0.2) is 212 Å². The van der Waals surface area contributed by atoms with Crippen LogP contribution in [0.3, 0.4) is 0 Å². The van der Waals surface area contributed by atoms with Gasteiger partial charge in [-0.15, -0.1) is 0 Å². The van der Waals surface area contributed by atoms with E-state index in [0.29, 0.717) is 0 Å². The normalized spacial score (nSPS) is 15.3. The van der Waals surface area contributed by atoms with Gasteiger partial charge in [-0.2, -0.15) is 0 Å². The quantitative estimate of drug-likeness (QED) is 0.166. The molecule has 0 aliphatic heterocycles. The number of fused-ring (bicyclic) bond motifs is 16. The van der Waals surface area contributed by atoms with Crippen molar-refractivity contribution in [1.29, 1.82) is 0 Å². The Morgan fingerprint density at radius 2 is 0.750 bits per heavy atom. The van der Waals surface area contributed by atoms with Gasteiger partial charge in [0.15, 0.2) is 0 Å². The zero-order valence-corrected chi connectivity index (χ0v) is 45.7. The topological polar surface area (TPSA) is 3.24 Å². The number of nitrogens with zero attached hydrogens (tertiary/aromatic N) is 1. The Morgan fingerprint density at radius 3 is 1.41 bits per heavy atom. The molecule has 0 fully saturated rings. The van der Waals surface area contributed by atoms with Crippen LogP contribution < -0.4 is 4.90 Å². The summed E-state index contributed by atoms with van der Waals surface area (Å²) in [7, 11) is 0. The largest absolute Gasteiger partial charge is 0.310 e. The fourth-order valence-corrected chi connectivity index (χ4v) is 14.4. The molecule has 0 radical (unpaired) electrons. The van der Waals surface area contributed by atoms with E-state index >= 15 is 0 Å². The number of anilines is 3. The van der Waals surface area contributed by atoms with E-state index in [9.17, 15) is 0 Å². The molecule has 1 spiro atoms. The highest BCUT2D eigenvalue weighted by atomic mass is 15.1. The van der Waals surface area contributed by atoms with Crippen molar-refractivity contribution < 1.29 is 0 Å². The molecule has 0 amide bonds. The van der Waals surface area contributed by atoms with Crippen molar-refractivity contribution in [3.8, 4) is 66.8 Å². The number of benzene rings is 10. The van der Waals surface area contributed by atoms with Gasteiger partial charge < -0.3 is 4.90 Å². The molecular formula is C75H65N. The van der Waals surface area contributed by atoms with E-state index in [4.69, 9.17) is 0 Å². The molecule has 0 unspecified atom stereocenters. The van der Waals surface area contributed by atoms with Crippen LogP contribution in [0.1, 0.15) is 125 Å². The van der Waals surface area contributed by atoms with Crippen molar-refractivity contribution in [3.63, 3.8) is 0 Å². The monoisotopic (exact) mass is 980 g/mol. The van der Waals surface area contributed by atoms with Gasteiger partial charge in [-0.25, -0.2) is 0 Å². The summed E-state index contributed by atoms with van der Waals surface area (Å²) in [5, 5.41) is 0. The molecule has 0 atom stereocenters. The second-order valence-electron chi connectivity index (χ2n) is 25.3. The van der Waals surface area contributed by atoms with Crippen LogP contribution in [0.2, 0.25) is 0 Å². The Kier molecular flexibility index (Phi) is 9.80. The van der Waals surface area contributed by atoms with Crippen LogP contribution in [-0.2, 0) is 27.1 Å². The molecule has 0 heterocycles. The van der Waals surface area contributed by atoms with Gasteiger partial charge in [0.25, 0.3) is 0 Å². The molecule has 10 aromatic rings. The Hall–Kier alpha value is -8.00. The Labute approximate surface area is 450 Å². The van der Waals surface area contributed by atoms with Gasteiger partial charge in [-0.1, -0.05) is 245 Å². The summed E-state index contributed by atoms with van der Waals surface area (Å²) < 4.78 is 0. The summed E-state index contributed by atoms with van der Waals surface area (Å²) in [6.45, 7) is 23.6. The second-order valence-corrected chi connectivity index (χ2v) is 25.3. The number of rotatable bonds is 5. The van der Waals surface area contributed by atoms with Gasteiger partial charge in [0.1, 0.15) is 0 Å². The number of hydrogen-bond donors (Lipinski definition) is 0. The van der Waals surface area contributed by atoms with Crippen molar-refractivity contribution in [3.05, 3.63) is 268 Å². The molecule has 4 aliphatic rings. The Bertz CT molecular complexity index is 4020. The highest BCUT2D eigenvalue weighted by molar-refractivity contribution is 5.99. The number of para-hydroxylation sites is 1. The average Bonchev–Trinajstić information content (AvgIpc) is 4.18. The van der Waals surface area contributed by atoms with Crippen LogP contribution >= 0.6 is 0 Å². The Balaban J connectivity index is 1.02. The molecule has 4 aliphatic carbocycles. The summed E-state index contributed by atoms with van der Waals surface area (Å²) in [6, 6.07) is 82.0. The van der Waals surface area contributed by atoms with E-state index in [-0.39, 0.29) is 21.7 Å². The van der Waals surface area contributed by atoms with E-state index in [2.05, 4.69) is 286 Å². The molecule has 76 heavy (non-hydrogen) atoms. The van der Waals surface area contributed by atoms with E-state index < -0.39 is 5.41 Å². The summed E-state index contributed by atoms with van der Waals surface area (Å²) >= 11 is 0. The molecule has 14 rings (SSSR count). The van der Waals surface area contributed by atoms with Crippen LogP contribution in [0.5, 0.6) is 0 Å². The van der Waals surface area contributed by atoms with E-state index in [0.717, 1.165) is 17.1 Å². The van der Waals surface area contributed by atoms with Gasteiger partial charge in [0.05, 0.1) is 11.1 Å². The molecule has 370 valence electrons. The maximum absolute atomic E-state index is 2.56. The van der Waals surface area contributed by atoms with Crippen LogP contribution in [-0.4, -0.2) is 0 Å². The van der Waals surface area contributed by atoms with Crippen molar-refractivity contribution in [2.75, 3.05) is 4.90 Å². The van der Waals surface area contributed by atoms with E-state index in [1.165, 1.54) is 122 Å². The van der Waals surface area contributed by atoms with Crippen LogP contribution in [0, 0.1) is 0 Å². The lowest BCUT2D eigenvalue weighted by Crippen LogP contribution is -2.26. The predicted molar refractivity (Wildman–Crippen MR) is 321 cm³/mol. The number of hydrogen-bond acceptors (Lipinski definition) is 1. The maximum Gasteiger partial charge on any atom is 0.0726 e. The molecule has 0 aromatic heterocycles. The summed E-state index contributed by atoms with van der Waals surface area (Å²) in [5.74, 6) is 0. The van der Waals surface area contributed by atoms with Crippen molar-refractivity contribution >= 4 is 17.1 Å². The molecule has 10 aromatic carbocycles. The lowest BCUT2D eigenvalue weighted by Gasteiger charge is -2.33. The van der Waals surface area contributed by atoms with Gasteiger partial charge in [-0.05, 0) is 164 Å². The maximum atomic E-state index is 2.56. The highest BCUT2D eigenvalue weighted by Crippen LogP contribution is 2.64. The molecule has 0 N–H and O–H groups in total. The minimum Gasteiger partial charge on any atom is -0.310 e. The molecule has 0 bridgehead atoms. The zero-order chi connectivity index (χ0) is 52.3. The van der Waals surface area contributed by atoms with Gasteiger partial charge in [0.2, 0.25) is 0 Å². The smallest absolute Gasteiger partial charge is 0.0726 e. The molecule has 0 saturated heterocycles. The van der Waals surface area contributed by atoms with E-state index in [1.54, 1.807) is 0 Å². The molecule has 1 nitrogen and oxygen atoms in total. The first-order chi connectivity index (χ1) is 36.5. The third-order valence-electron chi connectivity index (χ3n) is 18.2. The van der Waals surface area contributed by atoms with Crippen molar-refractivity contribution in [1.82, 2.24) is 0 Å². The first kappa shape index (κ1) is 46.5. The molecule has 0 saturated carbocycles.